The molecule has 0 aliphatic heterocycles. The molecule has 5 nitrogen and oxygen atoms in total. The molecule has 2 amide bonds. The zero-order valence-corrected chi connectivity index (χ0v) is 11.9. The summed E-state index contributed by atoms with van der Waals surface area (Å²) < 4.78 is 25.7. The Morgan fingerprint density at radius 3 is 2.43 bits per heavy atom. The summed E-state index contributed by atoms with van der Waals surface area (Å²) in [6.07, 6.45) is 0.367. The van der Waals surface area contributed by atoms with Gasteiger partial charge in [-0.05, 0) is 31.0 Å². The third kappa shape index (κ3) is 4.70. The fourth-order valence-electron chi connectivity index (χ4n) is 1.52. The Labute approximate surface area is 121 Å². The maximum Gasteiger partial charge on any atom is 0.315 e. The first kappa shape index (κ1) is 16.9. The number of aliphatic carboxylic acids is 1. The number of urea groups is 1. The first-order valence-corrected chi connectivity index (χ1v) is 6.47. The van der Waals surface area contributed by atoms with Gasteiger partial charge >= 0.3 is 12.0 Å². The molecule has 0 saturated carbocycles. The van der Waals surface area contributed by atoms with Crippen LogP contribution < -0.4 is 10.6 Å². The molecule has 0 aliphatic rings. The van der Waals surface area contributed by atoms with Crippen molar-refractivity contribution in [2.45, 2.75) is 26.8 Å². The standard InChI is InChI=1S/C14H18F2N2O3/c1-3-14(2,12(19)20)8-18-13(21)17-7-9-4-5-10(15)11(16)6-9/h4-6H,3,7-8H2,1-2H3,(H,19,20)(H2,17,18,21). The highest BCUT2D eigenvalue weighted by Gasteiger charge is 2.31. The highest BCUT2D eigenvalue weighted by atomic mass is 19.2. The van der Waals surface area contributed by atoms with E-state index in [1.165, 1.54) is 13.0 Å². The Balaban J connectivity index is 2.47. The summed E-state index contributed by atoms with van der Waals surface area (Å²) in [7, 11) is 0. The van der Waals surface area contributed by atoms with Gasteiger partial charge in [0.15, 0.2) is 11.6 Å². The summed E-state index contributed by atoms with van der Waals surface area (Å²) in [6.45, 7) is 3.24. The molecular weight excluding hydrogens is 282 g/mol. The van der Waals surface area contributed by atoms with Gasteiger partial charge < -0.3 is 15.7 Å². The average molecular weight is 300 g/mol. The molecule has 1 unspecified atom stereocenters. The molecule has 0 spiro atoms. The molecule has 1 aromatic carbocycles. The second-order valence-corrected chi connectivity index (χ2v) is 5.00. The predicted molar refractivity (Wildman–Crippen MR) is 72.6 cm³/mol. The largest absolute Gasteiger partial charge is 0.481 e. The van der Waals surface area contributed by atoms with Gasteiger partial charge in [-0.1, -0.05) is 13.0 Å². The van der Waals surface area contributed by atoms with Crippen molar-refractivity contribution in [2.24, 2.45) is 5.41 Å². The number of carbonyl (C=O) groups is 2. The minimum atomic E-state index is -1.04. The number of hydrogen-bond acceptors (Lipinski definition) is 2. The summed E-state index contributed by atoms with van der Waals surface area (Å²) in [4.78, 5) is 22.6. The van der Waals surface area contributed by atoms with Crippen LogP contribution in [0.3, 0.4) is 0 Å². The highest BCUT2D eigenvalue weighted by Crippen LogP contribution is 2.19. The van der Waals surface area contributed by atoms with Crippen LogP contribution in [-0.2, 0) is 11.3 Å². The number of hydrogen-bond donors (Lipinski definition) is 3. The molecule has 1 rings (SSSR count). The highest BCUT2D eigenvalue weighted by molar-refractivity contribution is 5.77. The molecule has 0 bridgehead atoms. The normalized spacial score (nSPS) is 13.3. The van der Waals surface area contributed by atoms with Crippen molar-refractivity contribution in [3.05, 3.63) is 35.4 Å². The van der Waals surface area contributed by atoms with Crippen molar-refractivity contribution >= 4 is 12.0 Å². The molecule has 0 radical (unpaired) electrons. The maximum absolute atomic E-state index is 13.0. The molecule has 0 aliphatic carbocycles. The van der Waals surface area contributed by atoms with E-state index in [1.54, 1.807) is 6.92 Å². The van der Waals surface area contributed by atoms with Crippen molar-refractivity contribution in [3.63, 3.8) is 0 Å². The summed E-state index contributed by atoms with van der Waals surface area (Å²) in [5.74, 6) is -2.94. The Hall–Kier alpha value is -2.18. The number of carbonyl (C=O) groups excluding carboxylic acids is 1. The zero-order chi connectivity index (χ0) is 16.0. The average Bonchev–Trinajstić information content (AvgIpc) is 2.45. The Kier molecular flexibility index (Phi) is 5.63. The van der Waals surface area contributed by atoms with Crippen LogP contribution in [0.1, 0.15) is 25.8 Å². The second kappa shape index (κ2) is 7.01. The molecule has 0 fully saturated rings. The summed E-state index contributed by atoms with van der Waals surface area (Å²) in [5, 5.41) is 14.0. The summed E-state index contributed by atoms with van der Waals surface area (Å²) in [5.41, 5.74) is -0.639. The van der Waals surface area contributed by atoms with Crippen LogP contribution in [-0.4, -0.2) is 23.7 Å². The van der Waals surface area contributed by atoms with Crippen molar-refractivity contribution in [1.29, 1.82) is 0 Å². The minimum absolute atomic E-state index is 0.0128. The van der Waals surface area contributed by atoms with Crippen molar-refractivity contribution in [1.82, 2.24) is 10.6 Å². The Morgan fingerprint density at radius 2 is 1.90 bits per heavy atom. The van der Waals surface area contributed by atoms with Crippen molar-refractivity contribution in [2.75, 3.05) is 6.54 Å². The van der Waals surface area contributed by atoms with Crippen LogP contribution in [0.25, 0.3) is 0 Å². The van der Waals surface area contributed by atoms with E-state index in [0.29, 0.717) is 12.0 Å². The Morgan fingerprint density at radius 1 is 1.24 bits per heavy atom. The molecule has 116 valence electrons. The number of rotatable bonds is 6. The fraction of sp³-hybridized carbons (Fsp3) is 0.429. The Bertz CT molecular complexity index is 537. The van der Waals surface area contributed by atoms with E-state index >= 15 is 0 Å². The lowest BCUT2D eigenvalue weighted by Gasteiger charge is -2.23. The van der Waals surface area contributed by atoms with Crippen LogP contribution in [0.4, 0.5) is 13.6 Å². The van der Waals surface area contributed by atoms with Crippen LogP contribution >= 0.6 is 0 Å². The van der Waals surface area contributed by atoms with E-state index < -0.39 is 29.0 Å². The smallest absolute Gasteiger partial charge is 0.315 e. The summed E-state index contributed by atoms with van der Waals surface area (Å²) in [6, 6.07) is 2.75. The van der Waals surface area contributed by atoms with Gasteiger partial charge in [-0.3, -0.25) is 4.79 Å². The van der Waals surface area contributed by atoms with E-state index in [0.717, 1.165) is 12.1 Å². The molecule has 7 heteroatoms. The molecule has 0 heterocycles. The maximum atomic E-state index is 13.0. The molecule has 3 N–H and O–H groups in total. The van der Waals surface area contributed by atoms with Gasteiger partial charge in [0.05, 0.1) is 5.41 Å². The molecule has 1 aromatic rings. The number of amides is 2. The second-order valence-electron chi connectivity index (χ2n) is 5.00. The van der Waals surface area contributed by atoms with Gasteiger partial charge in [0.25, 0.3) is 0 Å². The topological polar surface area (TPSA) is 78.4 Å². The zero-order valence-electron chi connectivity index (χ0n) is 11.9. The van der Waals surface area contributed by atoms with Gasteiger partial charge in [-0.15, -0.1) is 0 Å². The van der Waals surface area contributed by atoms with Gasteiger partial charge in [-0.2, -0.15) is 0 Å². The lowest BCUT2D eigenvalue weighted by Crippen LogP contribution is -2.44. The lowest BCUT2D eigenvalue weighted by molar-refractivity contribution is -0.147. The van der Waals surface area contributed by atoms with E-state index in [4.69, 9.17) is 5.11 Å². The third-order valence-corrected chi connectivity index (χ3v) is 3.37. The van der Waals surface area contributed by atoms with Gasteiger partial charge in [0.1, 0.15) is 0 Å². The third-order valence-electron chi connectivity index (χ3n) is 3.37. The predicted octanol–water partition coefficient (Wildman–Crippen LogP) is 2.26. The van der Waals surface area contributed by atoms with Gasteiger partial charge in [0, 0.05) is 13.1 Å². The van der Waals surface area contributed by atoms with E-state index in [2.05, 4.69) is 10.6 Å². The first-order valence-electron chi connectivity index (χ1n) is 6.47. The number of nitrogens with one attached hydrogen (secondary N) is 2. The minimum Gasteiger partial charge on any atom is -0.481 e. The van der Waals surface area contributed by atoms with E-state index in [-0.39, 0.29) is 13.1 Å². The van der Waals surface area contributed by atoms with Crippen LogP contribution in [0.2, 0.25) is 0 Å². The van der Waals surface area contributed by atoms with Crippen LogP contribution in [0, 0.1) is 17.0 Å². The van der Waals surface area contributed by atoms with Gasteiger partial charge in [0.2, 0.25) is 0 Å². The van der Waals surface area contributed by atoms with Gasteiger partial charge in [-0.25, -0.2) is 13.6 Å². The molecule has 1 atom stereocenters. The van der Waals surface area contributed by atoms with Crippen LogP contribution in [0.5, 0.6) is 0 Å². The first-order chi connectivity index (χ1) is 9.78. The SMILES string of the molecule is CCC(C)(CNC(=O)NCc1ccc(F)c(F)c1)C(=O)O. The fourth-order valence-corrected chi connectivity index (χ4v) is 1.52. The van der Waals surface area contributed by atoms with Crippen LogP contribution in [0.15, 0.2) is 18.2 Å². The number of halogens is 2. The number of carboxylic acids is 1. The summed E-state index contributed by atoms with van der Waals surface area (Å²) >= 11 is 0. The quantitative estimate of drug-likeness (QED) is 0.754. The number of benzene rings is 1. The molecule has 21 heavy (non-hydrogen) atoms. The lowest BCUT2D eigenvalue weighted by atomic mass is 9.88. The molecular formula is C14H18F2N2O3. The monoisotopic (exact) mass is 300 g/mol. The molecule has 0 aromatic heterocycles. The molecule has 0 saturated heterocycles. The van der Waals surface area contributed by atoms with E-state index in [1.807, 2.05) is 0 Å². The van der Waals surface area contributed by atoms with Crippen molar-refractivity contribution in [3.8, 4) is 0 Å². The number of carboxylic acid groups (broad SMARTS) is 1. The van der Waals surface area contributed by atoms with E-state index in [9.17, 15) is 18.4 Å². The van der Waals surface area contributed by atoms with Crippen molar-refractivity contribution < 1.29 is 23.5 Å².